The zero-order valence-corrected chi connectivity index (χ0v) is 16.7. The Kier molecular flexibility index (Phi) is 4.52. The van der Waals surface area contributed by atoms with E-state index in [1.165, 1.54) is 12.1 Å². The molecule has 0 fully saturated rings. The molecule has 0 saturated heterocycles. The van der Waals surface area contributed by atoms with Crippen LogP contribution in [0.4, 0.5) is 5.69 Å². The number of aromatic nitrogens is 3. The molecule has 0 saturated carbocycles. The third-order valence-corrected chi connectivity index (χ3v) is 5.28. The first kappa shape index (κ1) is 19.3. The Morgan fingerprint density at radius 1 is 0.938 bits per heavy atom. The molecule has 156 valence electrons. The highest BCUT2D eigenvalue weighted by molar-refractivity contribution is 6.12. The summed E-state index contributed by atoms with van der Waals surface area (Å²) in [5, 5.41) is 19.0. The van der Waals surface area contributed by atoms with E-state index in [0.29, 0.717) is 33.5 Å². The molecule has 5 N–H and O–H groups in total. The summed E-state index contributed by atoms with van der Waals surface area (Å²) in [6.45, 7) is 0. The Balaban J connectivity index is 1.45. The van der Waals surface area contributed by atoms with Gasteiger partial charge in [-0.2, -0.15) is 5.10 Å². The van der Waals surface area contributed by atoms with Crippen molar-refractivity contribution >= 4 is 45.4 Å². The van der Waals surface area contributed by atoms with Gasteiger partial charge in [-0.15, -0.1) is 0 Å². The molecule has 0 radical (unpaired) electrons. The van der Waals surface area contributed by atoms with Gasteiger partial charge in [0.1, 0.15) is 0 Å². The predicted molar refractivity (Wildman–Crippen MR) is 122 cm³/mol. The molecule has 0 aliphatic heterocycles. The van der Waals surface area contributed by atoms with Gasteiger partial charge in [0.05, 0.1) is 23.0 Å². The number of benzene rings is 3. The fourth-order valence-electron chi connectivity index (χ4n) is 3.57. The van der Waals surface area contributed by atoms with Crippen molar-refractivity contribution < 1.29 is 14.7 Å². The van der Waals surface area contributed by atoms with Gasteiger partial charge in [0.2, 0.25) is 5.91 Å². The molecule has 3 aromatic carbocycles. The molecule has 0 aliphatic carbocycles. The number of ketones is 1. The third kappa shape index (κ3) is 3.39. The molecule has 2 aromatic heterocycles. The Bertz CT molecular complexity index is 1530. The summed E-state index contributed by atoms with van der Waals surface area (Å²) in [6.07, 6.45) is 3.31. The maximum absolute atomic E-state index is 12.8. The molecular weight excluding hydrogens is 406 g/mol. The standard InChI is InChI=1S/C24H17N5O3/c25-23(31)14-3-1-13(2-4-14)22(30)15-6-8-18-19(24(32)28-21(18)9-15)12-26-17-7-5-16-11-27-29-20(16)10-17/h1-12,28,32H,(H2,25,31)(H,27,29). The lowest BCUT2D eigenvalue weighted by Gasteiger charge is -2.03. The fraction of sp³-hybridized carbons (Fsp3) is 0. The minimum atomic E-state index is -0.550. The second-order valence-electron chi connectivity index (χ2n) is 7.32. The summed E-state index contributed by atoms with van der Waals surface area (Å²) in [6, 6.07) is 16.9. The number of amides is 1. The summed E-state index contributed by atoms with van der Waals surface area (Å²) in [5.41, 5.74) is 9.16. The summed E-state index contributed by atoms with van der Waals surface area (Å²) in [4.78, 5) is 31.4. The van der Waals surface area contributed by atoms with Crippen LogP contribution in [0.2, 0.25) is 0 Å². The Morgan fingerprint density at radius 3 is 2.47 bits per heavy atom. The summed E-state index contributed by atoms with van der Waals surface area (Å²) < 4.78 is 0. The van der Waals surface area contributed by atoms with Gasteiger partial charge in [0.25, 0.3) is 0 Å². The zero-order valence-electron chi connectivity index (χ0n) is 16.7. The van der Waals surface area contributed by atoms with E-state index in [0.717, 1.165) is 16.3 Å². The number of aromatic hydroxyl groups is 1. The van der Waals surface area contributed by atoms with Crippen LogP contribution in [0.5, 0.6) is 5.88 Å². The molecule has 0 unspecified atom stereocenters. The smallest absolute Gasteiger partial charge is 0.248 e. The molecule has 5 rings (SSSR count). The lowest BCUT2D eigenvalue weighted by molar-refractivity contribution is 0.0997. The minimum Gasteiger partial charge on any atom is -0.494 e. The van der Waals surface area contributed by atoms with Crippen LogP contribution in [0.25, 0.3) is 21.8 Å². The van der Waals surface area contributed by atoms with Gasteiger partial charge in [0.15, 0.2) is 11.7 Å². The highest BCUT2D eigenvalue weighted by Gasteiger charge is 2.14. The van der Waals surface area contributed by atoms with E-state index in [2.05, 4.69) is 20.2 Å². The normalized spacial score (nSPS) is 11.5. The molecule has 0 spiro atoms. The number of rotatable bonds is 5. The van der Waals surface area contributed by atoms with Crippen LogP contribution in [0, 0.1) is 0 Å². The maximum Gasteiger partial charge on any atom is 0.248 e. The van der Waals surface area contributed by atoms with Crippen LogP contribution in [-0.4, -0.2) is 38.2 Å². The van der Waals surface area contributed by atoms with E-state index in [1.54, 1.807) is 42.7 Å². The van der Waals surface area contributed by atoms with Crippen molar-refractivity contribution in [3.63, 3.8) is 0 Å². The summed E-state index contributed by atoms with van der Waals surface area (Å²) >= 11 is 0. The first-order valence-corrected chi connectivity index (χ1v) is 9.76. The molecule has 0 atom stereocenters. The van der Waals surface area contributed by atoms with E-state index in [9.17, 15) is 14.7 Å². The Morgan fingerprint density at radius 2 is 1.69 bits per heavy atom. The van der Waals surface area contributed by atoms with Gasteiger partial charge in [-0.25, -0.2) is 0 Å². The lowest BCUT2D eigenvalue weighted by atomic mass is 10.0. The molecule has 8 nitrogen and oxygen atoms in total. The number of H-pyrrole nitrogens is 2. The molecule has 8 heteroatoms. The maximum atomic E-state index is 12.8. The average molecular weight is 423 g/mol. The highest BCUT2D eigenvalue weighted by atomic mass is 16.3. The van der Waals surface area contributed by atoms with E-state index in [-0.39, 0.29) is 11.7 Å². The number of primary amides is 1. The van der Waals surface area contributed by atoms with E-state index in [1.807, 2.05) is 18.2 Å². The Labute approximate surface area is 181 Å². The zero-order chi connectivity index (χ0) is 22.2. The number of hydrogen-bond acceptors (Lipinski definition) is 5. The van der Waals surface area contributed by atoms with Crippen molar-refractivity contribution in [2.75, 3.05) is 0 Å². The van der Waals surface area contributed by atoms with Crippen LogP contribution in [0.1, 0.15) is 31.8 Å². The van der Waals surface area contributed by atoms with Gasteiger partial charge in [0, 0.05) is 39.2 Å². The third-order valence-electron chi connectivity index (χ3n) is 5.28. The van der Waals surface area contributed by atoms with Crippen molar-refractivity contribution in [1.82, 2.24) is 15.2 Å². The fourth-order valence-corrected chi connectivity index (χ4v) is 3.57. The van der Waals surface area contributed by atoms with E-state index >= 15 is 0 Å². The van der Waals surface area contributed by atoms with Gasteiger partial charge in [-0.3, -0.25) is 19.7 Å². The molecule has 32 heavy (non-hydrogen) atoms. The summed E-state index contributed by atoms with van der Waals surface area (Å²) in [7, 11) is 0. The summed E-state index contributed by atoms with van der Waals surface area (Å²) in [5.74, 6) is -0.798. The van der Waals surface area contributed by atoms with Gasteiger partial charge in [-0.1, -0.05) is 24.3 Å². The topological polar surface area (TPSA) is 137 Å². The van der Waals surface area contributed by atoms with Gasteiger partial charge in [-0.05, 0) is 36.4 Å². The number of fused-ring (bicyclic) bond motifs is 2. The van der Waals surface area contributed by atoms with Crippen molar-refractivity contribution in [3.05, 3.63) is 89.1 Å². The Hall–Kier alpha value is -4.72. The monoisotopic (exact) mass is 423 g/mol. The van der Waals surface area contributed by atoms with Crippen LogP contribution in [0.3, 0.4) is 0 Å². The predicted octanol–water partition coefficient (Wildman–Crippen LogP) is 3.83. The van der Waals surface area contributed by atoms with E-state index < -0.39 is 5.91 Å². The number of aromatic amines is 2. The van der Waals surface area contributed by atoms with E-state index in [4.69, 9.17) is 5.73 Å². The van der Waals surface area contributed by atoms with Crippen molar-refractivity contribution in [1.29, 1.82) is 0 Å². The first-order valence-electron chi connectivity index (χ1n) is 9.76. The van der Waals surface area contributed by atoms with Crippen LogP contribution in [-0.2, 0) is 0 Å². The number of aliphatic imine (C=N–C) groups is 1. The minimum absolute atomic E-state index is 0.0400. The van der Waals surface area contributed by atoms with Gasteiger partial charge < -0.3 is 15.8 Å². The number of carbonyl (C=O) groups excluding carboxylic acids is 2. The molecule has 5 aromatic rings. The molecule has 0 bridgehead atoms. The first-order chi connectivity index (χ1) is 15.5. The number of nitrogens with two attached hydrogens (primary N) is 1. The van der Waals surface area contributed by atoms with Gasteiger partial charge >= 0.3 is 0 Å². The second kappa shape index (κ2) is 7.51. The number of carbonyl (C=O) groups is 2. The molecular formula is C24H17N5O3. The van der Waals surface area contributed by atoms with Crippen molar-refractivity contribution in [2.24, 2.45) is 10.7 Å². The second-order valence-corrected chi connectivity index (χ2v) is 7.32. The molecule has 1 amide bonds. The SMILES string of the molecule is NC(=O)c1ccc(C(=O)c2ccc3c(C=Nc4ccc5cn[nH]c5c4)c(O)[nH]c3c2)cc1. The lowest BCUT2D eigenvalue weighted by Crippen LogP contribution is -2.11. The van der Waals surface area contributed by atoms with Crippen molar-refractivity contribution in [2.45, 2.75) is 0 Å². The number of nitrogens with zero attached hydrogens (tertiary/aromatic N) is 2. The largest absolute Gasteiger partial charge is 0.494 e. The number of nitrogens with one attached hydrogen (secondary N) is 2. The van der Waals surface area contributed by atoms with Crippen LogP contribution in [0.15, 0.2) is 71.9 Å². The van der Waals surface area contributed by atoms with Crippen LogP contribution >= 0.6 is 0 Å². The van der Waals surface area contributed by atoms with Crippen molar-refractivity contribution in [3.8, 4) is 5.88 Å². The highest BCUT2D eigenvalue weighted by Crippen LogP contribution is 2.28. The quantitative estimate of drug-likeness (QED) is 0.252. The van der Waals surface area contributed by atoms with Crippen LogP contribution < -0.4 is 5.73 Å². The number of hydrogen-bond donors (Lipinski definition) is 4. The average Bonchev–Trinajstić information content (AvgIpc) is 3.39. The molecule has 0 aliphatic rings. The molecule has 2 heterocycles.